The highest BCUT2D eigenvalue weighted by atomic mass is 28.3. The molecular formula is C18H28O2Si. The molecule has 0 spiro atoms. The van der Waals surface area contributed by atoms with Crippen molar-refractivity contribution in [3.63, 3.8) is 0 Å². The Morgan fingerprint density at radius 1 is 1.19 bits per heavy atom. The number of benzene rings is 1. The van der Waals surface area contributed by atoms with Crippen LogP contribution < -0.4 is 0 Å². The summed E-state index contributed by atoms with van der Waals surface area (Å²) in [5.41, 5.74) is 3.42. The van der Waals surface area contributed by atoms with Crippen LogP contribution in [0.3, 0.4) is 0 Å². The summed E-state index contributed by atoms with van der Waals surface area (Å²) < 4.78 is 0. The molecule has 0 aliphatic rings. The normalized spacial score (nSPS) is 15.0. The molecule has 2 N–H and O–H groups in total. The zero-order chi connectivity index (χ0) is 16.3. The SMILES string of the molecule is C[C@@H](C=C=C([C@H](O)c1ccccc1)[Si](C)(C)C)C(C)(C)O. The van der Waals surface area contributed by atoms with Gasteiger partial charge in [0.1, 0.15) is 6.10 Å². The smallest absolute Gasteiger partial charge is 0.104 e. The lowest BCUT2D eigenvalue weighted by molar-refractivity contribution is 0.0441. The van der Waals surface area contributed by atoms with Gasteiger partial charge >= 0.3 is 0 Å². The lowest BCUT2D eigenvalue weighted by Crippen LogP contribution is -2.29. The molecule has 0 aliphatic carbocycles. The average molecular weight is 305 g/mol. The van der Waals surface area contributed by atoms with Gasteiger partial charge in [-0.1, -0.05) is 56.9 Å². The second-order valence-electron chi connectivity index (χ2n) is 7.23. The van der Waals surface area contributed by atoms with E-state index in [1.807, 2.05) is 43.3 Å². The van der Waals surface area contributed by atoms with E-state index in [2.05, 4.69) is 25.4 Å². The Morgan fingerprint density at radius 3 is 2.14 bits per heavy atom. The van der Waals surface area contributed by atoms with Crippen molar-refractivity contribution in [3.8, 4) is 0 Å². The van der Waals surface area contributed by atoms with Crippen molar-refractivity contribution in [2.45, 2.75) is 52.1 Å². The van der Waals surface area contributed by atoms with Crippen LogP contribution in [0.2, 0.25) is 19.6 Å². The Hall–Kier alpha value is -1.12. The van der Waals surface area contributed by atoms with Gasteiger partial charge in [-0.15, -0.1) is 5.73 Å². The van der Waals surface area contributed by atoms with Crippen LogP contribution in [0.5, 0.6) is 0 Å². The van der Waals surface area contributed by atoms with Crippen LogP contribution in [0.4, 0.5) is 0 Å². The summed E-state index contributed by atoms with van der Waals surface area (Å²) in [5, 5.41) is 21.7. The summed E-state index contributed by atoms with van der Waals surface area (Å²) in [6, 6.07) is 9.69. The minimum absolute atomic E-state index is 0.0215. The molecule has 2 atom stereocenters. The largest absolute Gasteiger partial charge is 0.390 e. The van der Waals surface area contributed by atoms with E-state index < -0.39 is 19.8 Å². The molecule has 0 saturated carbocycles. The molecule has 1 rings (SSSR count). The van der Waals surface area contributed by atoms with E-state index in [4.69, 9.17) is 0 Å². The van der Waals surface area contributed by atoms with E-state index in [0.717, 1.165) is 10.8 Å². The molecule has 0 saturated heterocycles. The van der Waals surface area contributed by atoms with Gasteiger partial charge in [0.05, 0.1) is 13.7 Å². The van der Waals surface area contributed by atoms with Crippen LogP contribution in [0, 0.1) is 5.92 Å². The predicted octanol–water partition coefficient (Wildman–Crippen LogP) is 4.09. The van der Waals surface area contributed by atoms with Crippen molar-refractivity contribution < 1.29 is 10.2 Å². The molecule has 21 heavy (non-hydrogen) atoms. The average Bonchev–Trinajstić information content (AvgIpc) is 2.36. The highest BCUT2D eigenvalue weighted by Gasteiger charge is 2.27. The second kappa shape index (κ2) is 6.76. The minimum atomic E-state index is -1.72. The Balaban J connectivity index is 3.22. The van der Waals surface area contributed by atoms with Crippen molar-refractivity contribution in [2.24, 2.45) is 5.92 Å². The second-order valence-corrected chi connectivity index (χ2v) is 12.3. The Kier molecular flexibility index (Phi) is 5.77. The number of hydrogen-bond donors (Lipinski definition) is 2. The quantitative estimate of drug-likeness (QED) is 0.635. The molecule has 0 aromatic heterocycles. The molecule has 1 aromatic rings. The first-order valence-corrected chi connectivity index (χ1v) is 11.0. The summed E-state index contributed by atoms with van der Waals surface area (Å²) in [7, 11) is -1.72. The van der Waals surface area contributed by atoms with Crippen molar-refractivity contribution >= 4 is 8.07 Å². The van der Waals surface area contributed by atoms with Gasteiger partial charge in [-0.05, 0) is 30.7 Å². The Bertz CT molecular complexity index is 514. The fourth-order valence-corrected chi connectivity index (χ4v) is 3.43. The molecule has 0 bridgehead atoms. The van der Waals surface area contributed by atoms with Gasteiger partial charge in [0, 0.05) is 5.92 Å². The van der Waals surface area contributed by atoms with E-state index >= 15 is 0 Å². The molecule has 0 aliphatic heterocycles. The molecule has 1 aromatic carbocycles. The van der Waals surface area contributed by atoms with Gasteiger partial charge in [-0.2, -0.15) is 0 Å². The van der Waals surface area contributed by atoms with Gasteiger partial charge in [-0.25, -0.2) is 0 Å². The third-order valence-corrected chi connectivity index (χ3v) is 5.83. The highest BCUT2D eigenvalue weighted by Crippen LogP contribution is 2.29. The van der Waals surface area contributed by atoms with Gasteiger partial charge < -0.3 is 10.2 Å². The molecule has 0 fully saturated rings. The van der Waals surface area contributed by atoms with E-state index in [0.29, 0.717) is 0 Å². The van der Waals surface area contributed by atoms with Crippen LogP contribution in [0.25, 0.3) is 0 Å². The number of rotatable bonds is 5. The number of hydrogen-bond acceptors (Lipinski definition) is 2. The van der Waals surface area contributed by atoms with Crippen LogP contribution in [-0.2, 0) is 0 Å². The summed E-state index contributed by atoms with van der Waals surface area (Å²) >= 11 is 0. The van der Waals surface area contributed by atoms with Gasteiger partial charge in [-0.3, -0.25) is 0 Å². The zero-order valence-electron chi connectivity index (χ0n) is 14.0. The van der Waals surface area contributed by atoms with E-state index in [1.165, 1.54) is 0 Å². The minimum Gasteiger partial charge on any atom is -0.390 e. The monoisotopic (exact) mass is 304 g/mol. The van der Waals surface area contributed by atoms with Crippen molar-refractivity contribution in [3.05, 3.63) is 52.9 Å². The first-order valence-electron chi connectivity index (χ1n) is 7.46. The zero-order valence-corrected chi connectivity index (χ0v) is 15.0. The number of aliphatic hydroxyl groups is 2. The topological polar surface area (TPSA) is 40.5 Å². The first-order chi connectivity index (χ1) is 9.53. The Labute approximate surface area is 129 Å². The van der Waals surface area contributed by atoms with Gasteiger partial charge in [0.25, 0.3) is 0 Å². The fraction of sp³-hybridized carbons (Fsp3) is 0.500. The first kappa shape index (κ1) is 17.9. The molecule has 2 nitrogen and oxygen atoms in total. The molecule has 0 unspecified atom stereocenters. The predicted molar refractivity (Wildman–Crippen MR) is 91.8 cm³/mol. The maximum atomic E-state index is 10.7. The van der Waals surface area contributed by atoms with Crippen LogP contribution in [-0.4, -0.2) is 23.9 Å². The maximum Gasteiger partial charge on any atom is 0.104 e. The molecule has 0 amide bonds. The molecular weight excluding hydrogens is 276 g/mol. The maximum absolute atomic E-state index is 10.7. The third kappa shape index (κ3) is 5.29. The summed E-state index contributed by atoms with van der Waals surface area (Å²) in [4.78, 5) is 0. The van der Waals surface area contributed by atoms with Crippen molar-refractivity contribution in [2.75, 3.05) is 0 Å². The fourth-order valence-electron chi connectivity index (χ4n) is 1.93. The Morgan fingerprint density at radius 2 is 1.71 bits per heavy atom. The molecule has 0 radical (unpaired) electrons. The van der Waals surface area contributed by atoms with Gasteiger partial charge in [0.2, 0.25) is 0 Å². The van der Waals surface area contributed by atoms with Crippen molar-refractivity contribution in [1.29, 1.82) is 0 Å². The van der Waals surface area contributed by atoms with Crippen LogP contribution in [0.15, 0.2) is 47.3 Å². The molecule has 3 heteroatoms. The highest BCUT2D eigenvalue weighted by molar-refractivity contribution is 6.83. The summed E-state index contributed by atoms with van der Waals surface area (Å²) in [6.45, 7) is 12.1. The van der Waals surface area contributed by atoms with E-state index in [9.17, 15) is 10.2 Å². The standard InChI is InChI=1S/C18H28O2Si/c1-14(18(2,3)20)12-13-16(21(4,5)6)17(19)15-10-8-7-9-11-15/h7-12,14,17,19-20H,1-6H3/t13?,14-,17+/m0/s1. The lowest BCUT2D eigenvalue weighted by Gasteiger charge is -2.25. The van der Waals surface area contributed by atoms with E-state index in [-0.39, 0.29) is 5.92 Å². The summed E-state index contributed by atoms with van der Waals surface area (Å²) in [5.74, 6) is -0.0215. The van der Waals surface area contributed by atoms with Gasteiger partial charge in [0.15, 0.2) is 0 Å². The van der Waals surface area contributed by atoms with Crippen molar-refractivity contribution in [1.82, 2.24) is 0 Å². The molecule has 116 valence electrons. The number of aliphatic hydroxyl groups excluding tert-OH is 1. The van der Waals surface area contributed by atoms with Crippen LogP contribution in [0.1, 0.15) is 32.4 Å². The van der Waals surface area contributed by atoms with Crippen LogP contribution >= 0.6 is 0 Å². The van der Waals surface area contributed by atoms with E-state index in [1.54, 1.807) is 13.8 Å². The summed E-state index contributed by atoms with van der Waals surface area (Å²) in [6.07, 6.45) is 1.27. The molecule has 0 heterocycles. The third-order valence-electron chi connectivity index (χ3n) is 3.80. The lowest BCUT2D eigenvalue weighted by atomic mass is 9.93.